The number of carbonyl (C=O) groups excluding carboxylic acids is 2. The molecule has 2 amide bonds. The minimum atomic E-state index is -0.292. The maximum absolute atomic E-state index is 12.3. The van der Waals surface area contributed by atoms with Crippen molar-refractivity contribution in [2.45, 2.75) is 31.7 Å². The van der Waals surface area contributed by atoms with E-state index in [1.807, 2.05) is 4.90 Å². The van der Waals surface area contributed by atoms with Crippen LogP contribution in [-0.4, -0.2) is 59.5 Å². The monoisotopic (exact) mass is 294 g/mol. The van der Waals surface area contributed by atoms with Crippen molar-refractivity contribution >= 4 is 11.8 Å². The molecule has 0 aliphatic carbocycles. The van der Waals surface area contributed by atoms with E-state index in [0.717, 1.165) is 25.8 Å². The highest BCUT2D eigenvalue weighted by Crippen LogP contribution is 2.21. The molecule has 1 atom stereocenters. The van der Waals surface area contributed by atoms with Crippen molar-refractivity contribution in [3.8, 4) is 0 Å². The molecule has 116 valence electrons. The molecule has 2 rings (SSSR count). The minimum absolute atomic E-state index is 0.0437. The van der Waals surface area contributed by atoms with E-state index >= 15 is 0 Å². The summed E-state index contributed by atoms with van der Waals surface area (Å²) in [7, 11) is 1.60. The van der Waals surface area contributed by atoms with Crippen molar-refractivity contribution < 1.29 is 19.1 Å². The molecule has 0 aromatic carbocycles. The van der Waals surface area contributed by atoms with E-state index in [9.17, 15) is 9.59 Å². The second-order valence-electron chi connectivity index (χ2n) is 5.39. The normalized spacial score (nSPS) is 18.0. The van der Waals surface area contributed by atoms with Gasteiger partial charge in [-0.1, -0.05) is 0 Å². The van der Waals surface area contributed by atoms with E-state index in [4.69, 9.17) is 9.52 Å². The van der Waals surface area contributed by atoms with Gasteiger partial charge in [0.25, 0.3) is 5.91 Å². The smallest absolute Gasteiger partial charge is 0.289 e. The van der Waals surface area contributed by atoms with Gasteiger partial charge in [0, 0.05) is 26.2 Å². The quantitative estimate of drug-likeness (QED) is 0.853. The first-order valence-electron chi connectivity index (χ1n) is 7.32. The highest BCUT2D eigenvalue weighted by atomic mass is 16.3. The van der Waals surface area contributed by atoms with Crippen LogP contribution in [-0.2, 0) is 4.79 Å². The Bertz CT molecular complexity index is 472. The van der Waals surface area contributed by atoms with E-state index < -0.39 is 0 Å². The Morgan fingerprint density at radius 3 is 3.00 bits per heavy atom. The van der Waals surface area contributed by atoms with Gasteiger partial charge in [-0.2, -0.15) is 0 Å². The van der Waals surface area contributed by atoms with Gasteiger partial charge in [-0.15, -0.1) is 0 Å². The molecule has 6 heteroatoms. The summed E-state index contributed by atoms with van der Waals surface area (Å²) >= 11 is 0. The average molecular weight is 294 g/mol. The van der Waals surface area contributed by atoms with Crippen molar-refractivity contribution in [3.05, 3.63) is 24.2 Å². The van der Waals surface area contributed by atoms with E-state index in [2.05, 4.69) is 0 Å². The fourth-order valence-electron chi connectivity index (χ4n) is 2.74. The lowest BCUT2D eigenvalue weighted by atomic mass is 10.1. The summed E-state index contributed by atoms with van der Waals surface area (Å²) in [6, 6.07) is 3.43. The molecule has 1 aliphatic rings. The largest absolute Gasteiger partial charge is 0.459 e. The number of likely N-dealkylation sites (N-methyl/N-ethyl adjacent to an activating group) is 1. The molecule has 6 nitrogen and oxygen atoms in total. The van der Waals surface area contributed by atoms with Gasteiger partial charge in [0.05, 0.1) is 12.8 Å². The average Bonchev–Trinajstić information content (AvgIpc) is 3.15. The Morgan fingerprint density at radius 2 is 2.33 bits per heavy atom. The fourth-order valence-corrected chi connectivity index (χ4v) is 2.74. The number of hydrogen-bond donors (Lipinski definition) is 1. The zero-order chi connectivity index (χ0) is 15.2. The second-order valence-corrected chi connectivity index (χ2v) is 5.39. The number of carbonyl (C=O) groups is 2. The third kappa shape index (κ3) is 3.85. The van der Waals surface area contributed by atoms with Crippen molar-refractivity contribution in [1.82, 2.24) is 9.80 Å². The third-order valence-electron chi connectivity index (χ3n) is 3.84. The standard InChI is InChI=1S/C15H22N2O4/c1-16(15(20)13-7-4-10-21-13)11-14(19)17-8-2-5-12(17)6-3-9-18/h4,7,10,12,18H,2-3,5-6,8-9,11H2,1H3. The molecule has 1 aromatic heterocycles. The molecule has 1 saturated heterocycles. The third-order valence-corrected chi connectivity index (χ3v) is 3.84. The van der Waals surface area contributed by atoms with Crippen LogP contribution in [0, 0.1) is 0 Å². The minimum Gasteiger partial charge on any atom is -0.459 e. The van der Waals surface area contributed by atoms with Crippen molar-refractivity contribution in [3.63, 3.8) is 0 Å². The van der Waals surface area contributed by atoms with Crippen molar-refractivity contribution in [2.75, 3.05) is 26.7 Å². The van der Waals surface area contributed by atoms with Crippen LogP contribution in [0.1, 0.15) is 36.2 Å². The van der Waals surface area contributed by atoms with E-state index in [1.165, 1.54) is 11.2 Å². The van der Waals surface area contributed by atoms with Crippen LogP contribution in [0.15, 0.2) is 22.8 Å². The zero-order valence-electron chi connectivity index (χ0n) is 12.3. The Morgan fingerprint density at radius 1 is 1.52 bits per heavy atom. The lowest BCUT2D eigenvalue weighted by Gasteiger charge is -2.26. The van der Waals surface area contributed by atoms with Crippen LogP contribution >= 0.6 is 0 Å². The van der Waals surface area contributed by atoms with Crippen LogP contribution in [0.25, 0.3) is 0 Å². The summed E-state index contributed by atoms with van der Waals surface area (Å²) in [5.41, 5.74) is 0. The van der Waals surface area contributed by atoms with E-state index in [0.29, 0.717) is 6.42 Å². The van der Waals surface area contributed by atoms with Gasteiger partial charge >= 0.3 is 0 Å². The van der Waals surface area contributed by atoms with Gasteiger partial charge in [-0.25, -0.2) is 0 Å². The first kappa shape index (κ1) is 15.6. The summed E-state index contributed by atoms with van der Waals surface area (Å²) in [4.78, 5) is 27.6. The van der Waals surface area contributed by atoms with Gasteiger partial charge in [0.1, 0.15) is 0 Å². The predicted octanol–water partition coefficient (Wildman–Crippen LogP) is 1.12. The number of furan rings is 1. The number of rotatable bonds is 6. The van der Waals surface area contributed by atoms with Crippen LogP contribution in [0.2, 0.25) is 0 Å². The lowest BCUT2D eigenvalue weighted by Crippen LogP contribution is -2.43. The molecule has 1 N–H and O–H groups in total. The van der Waals surface area contributed by atoms with Crippen LogP contribution < -0.4 is 0 Å². The molecular formula is C15H22N2O4. The van der Waals surface area contributed by atoms with E-state index in [1.54, 1.807) is 19.2 Å². The molecule has 21 heavy (non-hydrogen) atoms. The summed E-state index contributed by atoms with van der Waals surface area (Å²) in [5.74, 6) is -0.0964. The summed E-state index contributed by atoms with van der Waals surface area (Å²) in [6.45, 7) is 0.933. The molecule has 0 saturated carbocycles. The first-order chi connectivity index (χ1) is 10.1. The molecule has 0 spiro atoms. The van der Waals surface area contributed by atoms with Gasteiger partial charge in [-0.05, 0) is 37.8 Å². The van der Waals surface area contributed by atoms with Gasteiger partial charge in [0.15, 0.2) is 5.76 Å². The van der Waals surface area contributed by atoms with Gasteiger partial charge in [0.2, 0.25) is 5.91 Å². The second kappa shape index (κ2) is 7.26. The SMILES string of the molecule is CN(CC(=O)N1CCCC1CCCO)C(=O)c1ccco1. The fraction of sp³-hybridized carbons (Fsp3) is 0.600. The molecular weight excluding hydrogens is 272 g/mol. The molecule has 0 radical (unpaired) electrons. The lowest BCUT2D eigenvalue weighted by molar-refractivity contribution is -0.132. The first-order valence-corrected chi connectivity index (χ1v) is 7.32. The molecule has 1 fully saturated rings. The number of hydrogen-bond acceptors (Lipinski definition) is 4. The van der Waals surface area contributed by atoms with Gasteiger partial charge in [-0.3, -0.25) is 9.59 Å². The Balaban J connectivity index is 1.89. The summed E-state index contributed by atoms with van der Waals surface area (Å²) in [5, 5.41) is 8.91. The molecule has 1 aromatic rings. The Labute approximate surface area is 124 Å². The maximum Gasteiger partial charge on any atom is 0.289 e. The zero-order valence-corrected chi connectivity index (χ0v) is 12.3. The van der Waals surface area contributed by atoms with Crippen molar-refractivity contribution in [1.29, 1.82) is 0 Å². The highest BCUT2D eigenvalue weighted by molar-refractivity contribution is 5.94. The number of amides is 2. The predicted molar refractivity (Wildman–Crippen MR) is 76.7 cm³/mol. The summed E-state index contributed by atoms with van der Waals surface area (Å²) in [6.07, 6.45) is 4.92. The van der Waals surface area contributed by atoms with Crippen molar-refractivity contribution in [2.24, 2.45) is 0 Å². The maximum atomic E-state index is 12.3. The topological polar surface area (TPSA) is 74.0 Å². The van der Waals surface area contributed by atoms with Crippen LogP contribution in [0.4, 0.5) is 0 Å². The molecule has 0 bridgehead atoms. The highest BCUT2D eigenvalue weighted by Gasteiger charge is 2.29. The molecule has 1 aliphatic heterocycles. The number of nitrogens with zero attached hydrogens (tertiary/aromatic N) is 2. The van der Waals surface area contributed by atoms with Crippen LogP contribution in [0.5, 0.6) is 0 Å². The van der Waals surface area contributed by atoms with Gasteiger partial charge < -0.3 is 19.3 Å². The number of aliphatic hydroxyl groups excluding tert-OH is 1. The molecule has 1 unspecified atom stereocenters. The Kier molecular flexibility index (Phi) is 5.38. The summed E-state index contributed by atoms with van der Waals surface area (Å²) < 4.78 is 5.05. The number of likely N-dealkylation sites (tertiary alicyclic amines) is 1. The van der Waals surface area contributed by atoms with Crippen LogP contribution in [0.3, 0.4) is 0 Å². The Hall–Kier alpha value is -1.82. The molecule has 2 heterocycles. The number of aliphatic hydroxyl groups is 1. The van der Waals surface area contributed by atoms with E-state index in [-0.39, 0.29) is 36.8 Å².